The molecule has 2 aromatic carbocycles. The van der Waals surface area contributed by atoms with Gasteiger partial charge in [0.15, 0.2) is 11.9 Å². The molecule has 0 spiro atoms. The Labute approximate surface area is 168 Å². The SMILES string of the molecule is CC(C)C1Oc2cc([N+](=O)[O-])ccc2N(CC(=O)N(C)Cc2ccccc2)C1=O. The van der Waals surface area contributed by atoms with Crippen LogP contribution in [0.1, 0.15) is 19.4 Å². The molecule has 1 unspecified atom stereocenters. The quantitative estimate of drug-likeness (QED) is 0.552. The van der Waals surface area contributed by atoms with E-state index in [0.29, 0.717) is 12.2 Å². The van der Waals surface area contributed by atoms with E-state index < -0.39 is 11.0 Å². The number of amides is 2. The van der Waals surface area contributed by atoms with Gasteiger partial charge in [0.05, 0.1) is 16.7 Å². The summed E-state index contributed by atoms with van der Waals surface area (Å²) < 4.78 is 5.74. The van der Waals surface area contributed by atoms with Gasteiger partial charge in [-0.1, -0.05) is 44.2 Å². The van der Waals surface area contributed by atoms with E-state index in [1.54, 1.807) is 11.9 Å². The predicted molar refractivity (Wildman–Crippen MR) is 108 cm³/mol. The summed E-state index contributed by atoms with van der Waals surface area (Å²) in [5, 5.41) is 11.1. The van der Waals surface area contributed by atoms with E-state index in [0.717, 1.165) is 5.56 Å². The molecule has 0 saturated heterocycles. The summed E-state index contributed by atoms with van der Waals surface area (Å²) in [7, 11) is 1.68. The highest BCUT2D eigenvalue weighted by Crippen LogP contribution is 2.38. The summed E-state index contributed by atoms with van der Waals surface area (Å²) in [5.41, 5.74) is 1.21. The first-order valence-corrected chi connectivity index (χ1v) is 9.32. The normalized spacial score (nSPS) is 15.7. The molecule has 2 amide bonds. The van der Waals surface area contributed by atoms with Crippen molar-refractivity contribution in [2.75, 3.05) is 18.5 Å². The lowest BCUT2D eigenvalue weighted by Gasteiger charge is -2.36. The number of anilines is 1. The highest BCUT2D eigenvalue weighted by molar-refractivity contribution is 6.04. The number of fused-ring (bicyclic) bond motifs is 1. The fraction of sp³-hybridized carbons (Fsp3) is 0.333. The lowest BCUT2D eigenvalue weighted by atomic mass is 10.0. The molecule has 2 aromatic rings. The molecule has 1 aliphatic rings. The lowest BCUT2D eigenvalue weighted by molar-refractivity contribution is -0.384. The van der Waals surface area contributed by atoms with Crippen LogP contribution in [0, 0.1) is 16.0 Å². The van der Waals surface area contributed by atoms with Gasteiger partial charge in [-0.3, -0.25) is 24.6 Å². The lowest BCUT2D eigenvalue weighted by Crippen LogP contribution is -2.51. The van der Waals surface area contributed by atoms with E-state index in [-0.39, 0.29) is 35.7 Å². The Morgan fingerprint density at radius 1 is 1.24 bits per heavy atom. The second-order valence-corrected chi connectivity index (χ2v) is 7.35. The highest BCUT2D eigenvalue weighted by Gasteiger charge is 2.38. The third kappa shape index (κ3) is 4.37. The Morgan fingerprint density at radius 3 is 2.55 bits per heavy atom. The average molecular weight is 397 g/mol. The van der Waals surface area contributed by atoms with E-state index in [1.807, 2.05) is 44.2 Å². The summed E-state index contributed by atoms with van der Waals surface area (Å²) in [6, 6.07) is 13.6. The zero-order valence-electron chi connectivity index (χ0n) is 16.6. The molecule has 152 valence electrons. The van der Waals surface area contributed by atoms with Crippen molar-refractivity contribution in [3.8, 4) is 5.75 Å². The molecule has 8 nitrogen and oxygen atoms in total. The molecule has 1 aliphatic heterocycles. The maximum absolute atomic E-state index is 13.0. The van der Waals surface area contributed by atoms with Gasteiger partial charge in [-0.15, -0.1) is 0 Å². The standard InChI is InChI=1S/C21H23N3O5/c1-14(2)20-21(26)23(17-10-9-16(24(27)28)11-18(17)29-20)13-19(25)22(3)12-15-7-5-4-6-8-15/h4-11,14,20H,12-13H2,1-3H3. The Bertz CT molecular complexity index is 929. The van der Waals surface area contributed by atoms with Crippen molar-refractivity contribution in [2.24, 2.45) is 5.92 Å². The molecule has 3 rings (SSSR count). The van der Waals surface area contributed by atoms with Crippen LogP contribution >= 0.6 is 0 Å². The van der Waals surface area contributed by atoms with Crippen molar-refractivity contribution in [3.05, 3.63) is 64.2 Å². The molecule has 0 radical (unpaired) electrons. The van der Waals surface area contributed by atoms with E-state index in [2.05, 4.69) is 0 Å². The van der Waals surface area contributed by atoms with Gasteiger partial charge in [0.1, 0.15) is 6.54 Å². The number of rotatable bonds is 6. The van der Waals surface area contributed by atoms with Gasteiger partial charge in [0.2, 0.25) is 5.91 Å². The number of carbonyl (C=O) groups is 2. The molecule has 0 aliphatic carbocycles. The van der Waals surface area contributed by atoms with Gasteiger partial charge in [-0.25, -0.2) is 0 Å². The number of hydrogen-bond donors (Lipinski definition) is 0. The molecule has 0 N–H and O–H groups in total. The first kappa shape index (κ1) is 20.3. The van der Waals surface area contributed by atoms with Gasteiger partial charge < -0.3 is 9.64 Å². The summed E-state index contributed by atoms with van der Waals surface area (Å²) in [5.74, 6) is -0.496. The van der Waals surface area contributed by atoms with Gasteiger partial charge in [-0.2, -0.15) is 0 Å². The van der Waals surface area contributed by atoms with E-state index >= 15 is 0 Å². The first-order valence-electron chi connectivity index (χ1n) is 9.32. The molecule has 0 fully saturated rings. The van der Waals surface area contributed by atoms with Crippen LogP contribution < -0.4 is 9.64 Å². The van der Waals surface area contributed by atoms with Crippen LogP contribution in [0.25, 0.3) is 0 Å². The van der Waals surface area contributed by atoms with Crippen molar-refractivity contribution in [3.63, 3.8) is 0 Å². The molecule has 0 saturated carbocycles. The summed E-state index contributed by atoms with van der Waals surface area (Å²) >= 11 is 0. The number of ether oxygens (including phenoxy) is 1. The molecular formula is C21H23N3O5. The minimum absolute atomic E-state index is 0.131. The Morgan fingerprint density at radius 2 is 1.93 bits per heavy atom. The van der Waals surface area contributed by atoms with Crippen molar-refractivity contribution in [1.82, 2.24) is 4.90 Å². The van der Waals surface area contributed by atoms with Crippen LogP contribution in [0.5, 0.6) is 5.75 Å². The van der Waals surface area contributed by atoms with Crippen molar-refractivity contribution in [2.45, 2.75) is 26.5 Å². The zero-order chi connectivity index (χ0) is 21.1. The highest BCUT2D eigenvalue weighted by atomic mass is 16.6. The van der Waals surface area contributed by atoms with Crippen LogP contribution in [0.2, 0.25) is 0 Å². The molecule has 0 bridgehead atoms. The minimum atomic E-state index is -0.809. The number of nitrogens with zero attached hydrogens (tertiary/aromatic N) is 3. The summed E-state index contributed by atoms with van der Waals surface area (Å²) in [6.07, 6.45) is -0.809. The average Bonchev–Trinajstić information content (AvgIpc) is 2.69. The molecule has 29 heavy (non-hydrogen) atoms. The number of carbonyl (C=O) groups excluding carboxylic acids is 2. The number of hydrogen-bond acceptors (Lipinski definition) is 5. The summed E-state index contributed by atoms with van der Waals surface area (Å²) in [6.45, 7) is 3.90. The van der Waals surface area contributed by atoms with Crippen LogP contribution in [0.15, 0.2) is 48.5 Å². The number of likely N-dealkylation sites (N-methyl/N-ethyl adjacent to an activating group) is 1. The van der Waals surface area contributed by atoms with E-state index in [9.17, 15) is 19.7 Å². The maximum Gasteiger partial charge on any atom is 0.273 e. The van der Waals surface area contributed by atoms with E-state index in [4.69, 9.17) is 4.74 Å². The Hall–Kier alpha value is -3.42. The minimum Gasteiger partial charge on any atom is -0.478 e. The predicted octanol–water partition coefficient (Wildman–Crippen LogP) is 3.00. The van der Waals surface area contributed by atoms with Crippen molar-refractivity contribution < 1.29 is 19.2 Å². The monoisotopic (exact) mass is 397 g/mol. The van der Waals surface area contributed by atoms with Crippen LogP contribution in [-0.4, -0.2) is 41.3 Å². The van der Waals surface area contributed by atoms with Gasteiger partial charge >= 0.3 is 0 Å². The first-order chi connectivity index (χ1) is 13.8. The Kier molecular flexibility index (Phi) is 5.81. The third-order valence-electron chi connectivity index (χ3n) is 4.80. The fourth-order valence-corrected chi connectivity index (χ4v) is 3.18. The van der Waals surface area contributed by atoms with Gasteiger partial charge in [0.25, 0.3) is 11.6 Å². The van der Waals surface area contributed by atoms with Gasteiger partial charge in [0, 0.05) is 19.7 Å². The van der Waals surface area contributed by atoms with E-state index in [1.165, 1.54) is 23.1 Å². The smallest absolute Gasteiger partial charge is 0.273 e. The van der Waals surface area contributed by atoms with Gasteiger partial charge in [-0.05, 0) is 17.5 Å². The molecule has 1 atom stereocenters. The van der Waals surface area contributed by atoms with Crippen molar-refractivity contribution >= 4 is 23.2 Å². The molecular weight excluding hydrogens is 374 g/mol. The van der Waals surface area contributed by atoms with Crippen LogP contribution in [0.4, 0.5) is 11.4 Å². The number of nitro benzene ring substituents is 1. The molecule has 8 heteroatoms. The number of benzene rings is 2. The topological polar surface area (TPSA) is 93.0 Å². The largest absolute Gasteiger partial charge is 0.478 e. The number of nitro groups is 1. The van der Waals surface area contributed by atoms with Crippen LogP contribution in [0.3, 0.4) is 0 Å². The second-order valence-electron chi connectivity index (χ2n) is 7.35. The fourth-order valence-electron chi connectivity index (χ4n) is 3.18. The molecule has 0 aromatic heterocycles. The Balaban J connectivity index is 1.85. The summed E-state index contributed by atoms with van der Waals surface area (Å²) in [4.78, 5) is 39.3. The second kappa shape index (κ2) is 8.30. The number of non-ortho nitro benzene ring substituents is 1. The maximum atomic E-state index is 13.0. The third-order valence-corrected chi connectivity index (χ3v) is 4.80. The van der Waals surface area contributed by atoms with Crippen LogP contribution in [-0.2, 0) is 16.1 Å². The van der Waals surface area contributed by atoms with Crippen molar-refractivity contribution in [1.29, 1.82) is 0 Å². The molecule has 1 heterocycles. The zero-order valence-corrected chi connectivity index (χ0v) is 16.6.